The highest BCUT2D eigenvalue weighted by molar-refractivity contribution is 5.02. The molecule has 2 rings (SSSR count). The average Bonchev–Trinajstić information content (AvgIpc) is 2.20. The molecule has 0 aromatic rings. The summed E-state index contributed by atoms with van der Waals surface area (Å²) in [6.45, 7) is 3.11. The highest BCUT2D eigenvalue weighted by atomic mass is 16.5. The Morgan fingerprint density at radius 3 is 3.10 bits per heavy atom. The molecule has 4 nitrogen and oxygen atoms in total. The molecule has 10 heavy (non-hydrogen) atoms. The van der Waals surface area contributed by atoms with Crippen LogP contribution in [0.15, 0.2) is 0 Å². The van der Waals surface area contributed by atoms with E-state index >= 15 is 0 Å². The number of hydrogen-bond donors (Lipinski definition) is 2. The number of ether oxygens (including phenoxy) is 1. The van der Waals surface area contributed by atoms with Crippen molar-refractivity contribution in [2.45, 2.75) is 5.54 Å². The minimum absolute atomic E-state index is 0.144. The molecular formula is C6H13N3O. The molecule has 0 aromatic carbocycles. The largest absolute Gasteiger partial charge is 0.379 e. The van der Waals surface area contributed by atoms with E-state index in [1.807, 2.05) is 0 Å². The maximum Gasteiger partial charge on any atom is 0.0663 e. The Labute approximate surface area is 60.1 Å². The maximum absolute atomic E-state index is 6.01. The van der Waals surface area contributed by atoms with Crippen molar-refractivity contribution in [3.63, 3.8) is 0 Å². The van der Waals surface area contributed by atoms with E-state index in [4.69, 9.17) is 16.3 Å². The second kappa shape index (κ2) is 1.92. The van der Waals surface area contributed by atoms with Gasteiger partial charge in [-0.1, -0.05) is 0 Å². The summed E-state index contributed by atoms with van der Waals surface area (Å²) in [5.41, 5.74) is 5.86. The molecule has 0 saturated carbocycles. The second-order valence-electron chi connectivity index (χ2n) is 3.37. The molecule has 4 N–H and O–H groups in total. The van der Waals surface area contributed by atoms with Crippen LogP contribution in [-0.4, -0.2) is 36.9 Å². The van der Waals surface area contributed by atoms with Crippen LogP contribution in [0.4, 0.5) is 0 Å². The molecule has 2 aliphatic rings. The zero-order valence-corrected chi connectivity index (χ0v) is 5.92. The van der Waals surface area contributed by atoms with Gasteiger partial charge in [-0.05, 0) is 0 Å². The molecule has 0 bridgehead atoms. The van der Waals surface area contributed by atoms with Crippen molar-refractivity contribution < 1.29 is 4.74 Å². The third-order valence-electron chi connectivity index (χ3n) is 2.46. The van der Waals surface area contributed by atoms with Gasteiger partial charge in [-0.2, -0.15) is 0 Å². The predicted octanol–water partition coefficient (Wildman–Crippen LogP) is -1.48. The first-order valence-electron chi connectivity index (χ1n) is 3.57. The maximum atomic E-state index is 6.01. The Kier molecular flexibility index (Phi) is 1.25. The summed E-state index contributed by atoms with van der Waals surface area (Å²) >= 11 is 0. The van der Waals surface area contributed by atoms with Crippen LogP contribution in [0, 0.1) is 5.92 Å². The third kappa shape index (κ3) is 0.769. The lowest BCUT2D eigenvalue weighted by molar-refractivity contribution is 0.149. The van der Waals surface area contributed by atoms with Crippen LogP contribution in [0.2, 0.25) is 0 Å². The SMILES string of the molecule is NN1CC2COCC2(N)C1. The van der Waals surface area contributed by atoms with Crippen LogP contribution >= 0.6 is 0 Å². The van der Waals surface area contributed by atoms with Gasteiger partial charge < -0.3 is 10.5 Å². The van der Waals surface area contributed by atoms with Crippen LogP contribution in [-0.2, 0) is 4.74 Å². The Morgan fingerprint density at radius 1 is 1.60 bits per heavy atom. The number of hydrogen-bond acceptors (Lipinski definition) is 4. The first-order chi connectivity index (χ1) is 4.71. The highest BCUT2D eigenvalue weighted by Crippen LogP contribution is 2.29. The molecule has 0 aromatic heterocycles. The number of rotatable bonds is 0. The normalized spacial score (nSPS) is 48.0. The van der Waals surface area contributed by atoms with Crippen LogP contribution in [0.5, 0.6) is 0 Å². The molecule has 0 aliphatic carbocycles. The lowest BCUT2D eigenvalue weighted by atomic mass is 9.92. The van der Waals surface area contributed by atoms with E-state index in [1.54, 1.807) is 5.01 Å². The van der Waals surface area contributed by atoms with Crippen molar-refractivity contribution in [3.05, 3.63) is 0 Å². The van der Waals surface area contributed by atoms with Gasteiger partial charge in [-0.15, -0.1) is 0 Å². The smallest absolute Gasteiger partial charge is 0.0663 e. The fourth-order valence-corrected chi connectivity index (χ4v) is 1.81. The van der Waals surface area contributed by atoms with Crippen LogP contribution in [0.25, 0.3) is 0 Å². The Balaban J connectivity index is 2.15. The van der Waals surface area contributed by atoms with E-state index in [0.717, 1.165) is 19.7 Å². The fourth-order valence-electron chi connectivity index (χ4n) is 1.81. The van der Waals surface area contributed by atoms with Gasteiger partial charge in [0.2, 0.25) is 0 Å². The molecule has 2 heterocycles. The zero-order valence-electron chi connectivity index (χ0n) is 5.92. The van der Waals surface area contributed by atoms with E-state index < -0.39 is 0 Å². The van der Waals surface area contributed by atoms with Gasteiger partial charge in [0.1, 0.15) is 0 Å². The minimum atomic E-state index is -0.144. The lowest BCUT2D eigenvalue weighted by Crippen LogP contribution is -2.48. The van der Waals surface area contributed by atoms with Crippen LogP contribution < -0.4 is 11.6 Å². The van der Waals surface area contributed by atoms with E-state index in [2.05, 4.69) is 0 Å². The van der Waals surface area contributed by atoms with Gasteiger partial charge >= 0.3 is 0 Å². The third-order valence-corrected chi connectivity index (χ3v) is 2.46. The van der Waals surface area contributed by atoms with Gasteiger partial charge in [0.15, 0.2) is 0 Å². The Morgan fingerprint density at radius 2 is 2.40 bits per heavy atom. The minimum Gasteiger partial charge on any atom is -0.379 e. The van der Waals surface area contributed by atoms with Crippen molar-refractivity contribution >= 4 is 0 Å². The zero-order chi connectivity index (χ0) is 7.19. The van der Waals surface area contributed by atoms with E-state index in [-0.39, 0.29) is 5.54 Å². The standard InChI is InChI=1S/C6H13N3O/c7-6-3-9(8)1-5(6)2-10-4-6/h5H,1-4,7-8H2. The molecule has 0 radical (unpaired) electrons. The first-order valence-corrected chi connectivity index (χ1v) is 3.57. The topological polar surface area (TPSA) is 64.5 Å². The number of nitrogens with two attached hydrogens (primary N) is 2. The predicted molar refractivity (Wildman–Crippen MR) is 37.0 cm³/mol. The van der Waals surface area contributed by atoms with E-state index in [9.17, 15) is 0 Å². The summed E-state index contributed by atoms with van der Waals surface area (Å²) in [6, 6.07) is 0. The Hall–Kier alpha value is -0.160. The summed E-state index contributed by atoms with van der Waals surface area (Å²) in [4.78, 5) is 0. The molecule has 2 fully saturated rings. The summed E-state index contributed by atoms with van der Waals surface area (Å²) in [5.74, 6) is 6.06. The van der Waals surface area contributed by atoms with Crippen molar-refractivity contribution in [1.29, 1.82) is 0 Å². The van der Waals surface area contributed by atoms with E-state index in [1.165, 1.54) is 0 Å². The molecule has 2 unspecified atom stereocenters. The van der Waals surface area contributed by atoms with Gasteiger partial charge in [-0.25, -0.2) is 5.01 Å². The summed E-state index contributed by atoms with van der Waals surface area (Å²) in [6.07, 6.45) is 0. The summed E-state index contributed by atoms with van der Waals surface area (Å²) < 4.78 is 5.26. The van der Waals surface area contributed by atoms with Crippen molar-refractivity contribution in [2.24, 2.45) is 17.5 Å². The molecule has 0 spiro atoms. The molecule has 2 atom stereocenters. The molecule has 2 aliphatic heterocycles. The van der Waals surface area contributed by atoms with Gasteiger partial charge in [0.25, 0.3) is 0 Å². The van der Waals surface area contributed by atoms with Crippen LogP contribution in [0.3, 0.4) is 0 Å². The van der Waals surface area contributed by atoms with Crippen molar-refractivity contribution in [2.75, 3.05) is 26.3 Å². The molecule has 0 amide bonds. The molecule has 2 saturated heterocycles. The number of nitrogens with zero attached hydrogens (tertiary/aromatic N) is 1. The van der Waals surface area contributed by atoms with E-state index in [0.29, 0.717) is 12.5 Å². The van der Waals surface area contributed by atoms with Gasteiger partial charge in [-0.3, -0.25) is 5.84 Å². The number of hydrazine groups is 1. The van der Waals surface area contributed by atoms with Crippen molar-refractivity contribution in [3.8, 4) is 0 Å². The fraction of sp³-hybridized carbons (Fsp3) is 1.00. The summed E-state index contributed by atoms with van der Waals surface area (Å²) in [7, 11) is 0. The number of fused-ring (bicyclic) bond motifs is 1. The van der Waals surface area contributed by atoms with Gasteiger partial charge in [0.05, 0.1) is 18.8 Å². The van der Waals surface area contributed by atoms with Crippen molar-refractivity contribution in [1.82, 2.24) is 5.01 Å². The van der Waals surface area contributed by atoms with Crippen LogP contribution in [0.1, 0.15) is 0 Å². The highest BCUT2D eigenvalue weighted by Gasteiger charge is 2.46. The monoisotopic (exact) mass is 143 g/mol. The quantitative estimate of drug-likeness (QED) is 0.406. The second-order valence-corrected chi connectivity index (χ2v) is 3.37. The average molecular weight is 143 g/mol. The molecular weight excluding hydrogens is 130 g/mol. The van der Waals surface area contributed by atoms with Gasteiger partial charge in [0, 0.05) is 19.0 Å². The molecule has 4 heteroatoms. The molecule has 58 valence electrons. The Bertz CT molecular complexity index is 152. The lowest BCUT2D eigenvalue weighted by Gasteiger charge is -2.19. The summed E-state index contributed by atoms with van der Waals surface area (Å²) in [5, 5.41) is 1.78. The first kappa shape index (κ1) is 6.54.